The molecule has 0 fully saturated rings. The standard InChI is InChI=1S/C17H14F3NO2/c18-17(19,20)23-15-10-8-14(9-11-15)16(22)21-12-4-7-13-5-2-1-3-6-13/h1-11H,12H2,(H,21,22). The normalized spacial score (nSPS) is 11.4. The fraction of sp³-hybridized carbons (Fsp3) is 0.118. The molecule has 0 aliphatic heterocycles. The highest BCUT2D eigenvalue weighted by molar-refractivity contribution is 5.94. The summed E-state index contributed by atoms with van der Waals surface area (Å²) in [6.07, 6.45) is -1.10. The predicted molar refractivity (Wildman–Crippen MR) is 80.9 cm³/mol. The summed E-state index contributed by atoms with van der Waals surface area (Å²) in [4.78, 5) is 11.8. The summed E-state index contributed by atoms with van der Waals surface area (Å²) in [5.41, 5.74) is 1.27. The summed E-state index contributed by atoms with van der Waals surface area (Å²) in [6, 6.07) is 14.3. The summed E-state index contributed by atoms with van der Waals surface area (Å²) < 4.78 is 39.9. The topological polar surface area (TPSA) is 38.3 Å². The van der Waals surface area contributed by atoms with Crippen LogP contribution in [0, 0.1) is 0 Å². The summed E-state index contributed by atoms with van der Waals surface area (Å²) >= 11 is 0. The third-order valence-electron chi connectivity index (χ3n) is 2.84. The van der Waals surface area contributed by atoms with Crippen molar-refractivity contribution < 1.29 is 22.7 Å². The number of rotatable bonds is 5. The molecule has 0 spiro atoms. The largest absolute Gasteiger partial charge is 0.573 e. The zero-order valence-electron chi connectivity index (χ0n) is 12.0. The Morgan fingerprint density at radius 1 is 1.04 bits per heavy atom. The van der Waals surface area contributed by atoms with Crippen LogP contribution in [0.1, 0.15) is 15.9 Å². The maximum atomic E-state index is 12.0. The highest BCUT2D eigenvalue weighted by atomic mass is 19.4. The van der Waals surface area contributed by atoms with E-state index in [2.05, 4.69) is 10.1 Å². The first-order valence-corrected chi connectivity index (χ1v) is 6.80. The van der Waals surface area contributed by atoms with Gasteiger partial charge in [0, 0.05) is 12.1 Å². The average Bonchev–Trinajstić information content (AvgIpc) is 2.51. The van der Waals surface area contributed by atoms with E-state index in [4.69, 9.17) is 0 Å². The number of nitrogens with one attached hydrogen (secondary N) is 1. The van der Waals surface area contributed by atoms with Gasteiger partial charge in [-0.2, -0.15) is 0 Å². The van der Waals surface area contributed by atoms with Gasteiger partial charge in [0.05, 0.1) is 0 Å². The Balaban J connectivity index is 1.85. The summed E-state index contributed by atoms with van der Waals surface area (Å²) in [5.74, 6) is -0.737. The fourth-order valence-corrected chi connectivity index (χ4v) is 1.82. The molecule has 23 heavy (non-hydrogen) atoms. The zero-order chi connectivity index (χ0) is 16.7. The predicted octanol–water partition coefficient (Wildman–Crippen LogP) is 4.03. The maximum absolute atomic E-state index is 12.0. The molecule has 0 saturated carbocycles. The molecule has 6 heteroatoms. The number of benzene rings is 2. The fourth-order valence-electron chi connectivity index (χ4n) is 1.82. The number of amides is 1. The van der Waals surface area contributed by atoms with E-state index in [-0.39, 0.29) is 17.2 Å². The number of hydrogen-bond acceptors (Lipinski definition) is 2. The number of hydrogen-bond donors (Lipinski definition) is 1. The van der Waals surface area contributed by atoms with E-state index in [1.807, 2.05) is 36.4 Å². The first kappa shape index (κ1) is 16.6. The molecule has 0 aliphatic rings. The molecule has 0 saturated heterocycles. The molecule has 0 aromatic heterocycles. The number of carbonyl (C=O) groups is 1. The molecule has 3 nitrogen and oxygen atoms in total. The van der Waals surface area contributed by atoms with Gasteiger partial charge < -0.3 is 10.1 Å². The summed E-state index contributed by atoms with van der Waals surface area (Å²) in [5, 5.41) is 2.65. The van der Waals surface area contributed by atoms with Crippen molar-refractivity contribution in [1.29, 1.82) is 0 Å². The first-order valence-electron chi connectivity index (χ1n) is 6.80. The van der Waals surface area contributed by atoms with Gasteiger partial charge in [0.15, 0.2) is 0 Å². The third kappa shape index (κ3) is 5.86. The number of carbonyl (C=O) groups excluding carboxylic acids is 1. The molecule has 0 aliphatic carbocycles. The van der Waals surface area contributed by atoms with Crippen LogP contribution in [0.2, 0.25) is 0 Å². The SMILES string of the molecule is O=C(NCC=Cc1ccccc1)c1ccc(OC(F)(F)F)cc1. The van der Waals surface area contributed by atoms with Crippen LogP contribution >= 0.6 is 0 Å². The molecule has 0 bridgehead atoms. The van der Waals surface area contributed by atoms with E-state index in [0.29, 0.717) is 6.54 Å². The van der Waals surface area contributed by atoms with Gasteiger partial charge in [0.25, 0.3) is 5.91 Å². The minimum absolute atomic E-state index is 0.257. The Kier molecular flexibility index (Phi) is 5.41. The van der Waals surface area contributed by atoms with Crippen LogP contribution in [0.5, 0.6) is 5.75 Å². The van der Waals surface area contributed by atoms with Crippen LogP contribution in [0.15, 0.2) is 60.7 Å². The van der Waals surface area contributed by atoms with Crippen LogP contribution < -0.4 is 10.1 Å². The van der Waals surface area contributed by atoms with Crippen molar-refractivity contribution in [2.75, 3.05) is 6.54 Å². The number of halogens is 3. The second-order valence-electron chi connectivity index (χ2n) is 4.60. The Hall–Kier alpha value is -2.76. The average molecular weight is 321 g/mol. The van der Waals surface area contributed by atoms with Gasteiger partial charge >= 0.3 is 6.36 Å². The summed E-state index contributed by atoms with van der Waals surface area (Å²) in [7, 11) is 0. The highest BCUT2D eigenvalue weighted by Crippen LogP contribution is 2.22. The van der Waals surface area contributed by atoms with Crippen molar-refractivity contribution in [3.8, 4) is 5.75 Å². The lowest BCUT2D eigenvalue weighted by atomic mass is 10.2. The zero-order valence-corrected chi connectivity index (χ0v) is 12.0. The van der Waals surface area contributed by atoms with E-state index in [1.165, 1.54) is 12.1 Å². The molecule has 2 rings (SSSR count). The number of alkyl halides is 3. The van der Waals surface area contributed by atoms with Crippen LogP contribution in [0.25, 0.3) is 6.08 Å². The maximum Gasteiger partial charge on any atom is 0.573 e. The minimum atomic E-state index is -4.74. The lowest BCUT2D eigenvalue weighted by Gasteiger charge is -2.09. The van der Waals surface area contributed by atoms with E-state index in [0.717, 1.165) is 17.7 Å². The second-order valence-corrected chi connectivity index (χ2v) is 4.60. The first-order chi connectivity index (χ1) is 10.9. The van der Waals surface area contributed by atoms with Crippen LogP contribution in [0.3, 0.4) is 0 Å². The van der Waals surface area contributed by atoms with Crippen molar-refractivity contribution in [2.24, 2.45) is 0 Å². The lowest BCUT2D eigenvalue weighted by Crippen LogP contribution is -2.23. The van der Waals surface area contributed by atoms with Gasteiger partial charge in [-0.25, -0.2) is 0 Å². The van der Waals surface area contributed by atoms with Crippen LogP contribution in [0.4, 0.5) is 13.2 Å². The minimum Gasteiger partial charge on any atom is -0.406 e. The monoisotopic (exact) mass is 321 g/mol. The number of ether oxygens (including phenoxy) is 1. The lowest BCUT2D eigenvalue weighted by molar-refractivity contribution is -0.274. The van der Waals surface area contributed by atoms with Crippen molar-refractivity contribution >= 4 is 12.0 Å². The van der Waals surface area contributed by atoms with Gasteiger partial charge in [0.2, 0.25) is 0 Å². The Bertz CT molecular complexity index is 664. The Morgan fingerprint density at radius 3 is 2.30 bits per heavy atom. The van der Waals surface area contributed by atoms with Gasteiger partial charge in [-0.3, -0.25) is 4.79 Å². The van der Waals surface area contributed by atoms with Crippen LogP contribution in [-0.2, 0) is 0 Å². The van der Waals surface area contributed by atoms with E-state index in [9.17, 15) is 18.0 Å². The molecule has 0 radical (unpaired) electrons. The molecule has 0 atom stereocenters. The van der Waals surface area contributed by atoms with Crippen molar-refractivity contribution in [2.45, 2.75) is 6.36 Å². The van der Waals surface area contributed by atoms with E-state index >= 15 is 0 Å². The second kappa shape index (κ2) is 7.49. The molecule has 2 aromatic rings. The molecule has 0 heterocycles. The van der Waals surface area contributed by atoms with Crippen molar-refractivity contribution in [3.63, 3.8) is 0 Å². The van der Waals surface area contributed by atoms with Gasteiger partial charge in [0.1, 0.15) is 5.75 Å². The smallest absolute Gasteiger partial charge is 0.406 e. The molecule has 1 amide bonds. The highest BCUT2D eigenvalue weighted by Gasteiger charge is 2.31. The molecule has 1 N–H and O–H groups in total. The van der Waals surface area contributed by atoms with Gasteiger partial charge in [-0.05, 0) is 29.8 Å². The van der Waals surface area contributed by atoms with Crippen molar-refractivity contribution in [3.05, 3.63) is 71.8 Å². The van der Waals surface area contributed by atoms with Crippen LogP contribution in [-0.4, -0.2) is 18.8 Å². The molecule has 120 valence electrons. The van der Waals surface area contributed by atoms with Gasteiger partial charge in [-0.1, -0.05) is 42.5 Å². The molecular weight excluding hydrogens is 307 g/mol. The molecule has 2 aromatic carbocycles. The molecule has 0 unspecified atom stereocenters. The van der Waals surface area contributed by atoms with E-state index in [1.54, 1.807) is 6.08 Å². The van der Waals surface area contributed by atoms with Gasteiger partial charge in [-0.15, -0.1) is 13.2 Å². The Morgan fingerprint density at radius 2 is 1.70 bits per heavy atom. The quantitative estimate of drug-likeness (QED) is 0.903. The van der Waals surface area contributed by atoms with Crippen molar-refractivity contribution in [1.82, 2.24) is 5.32 Å². The third-order valence-corrected chi connectivity index (χ3v) is 2.84. The Labute approximate surface area is 131 Å². The summed E-state index contributed by atoms with van der Waals surface area (Å²) in [6.45, 7) is 0.314. The van der Waals surface area contributed by atoms with E-state index < -0.39 is 6.36 Å². The molecular formula is C17H14F3NO2.